The molecular weight excluding hydrogens is 384 g/mol. The Morgan fingerprint density at radius 1 is 0.793 bits per heavy atom. The minimum Gasteiger partial charge on any atom is -0.414 e. The van der Waals surface area contributed by atoms with Crippen molar-refractivity contribution in [1.29, 1.82) is 0 Å². The fourth-order valence-electron chi connectivity index (χ4n) is 3.75. The number of fused-ring (bicyclic) bond motifs is 4. The molecule has 0 saturated heterocycles. The van der Waals surface area contributed by atoms with Crippen molar-refractivity contribution in [3.63, 3.8) is 0 Å². The number of aromatic amines is 1. The number of rotatable bonds is 2. The number of benzene rings is 3. The number of para-hydroxylation sites is 1. The lowest BCUT2D eigenvalue weighted by Gasteiger charge is -2.05. The highest BCUT2D eigenvalue weighted by Crippen LogP contribution is 2.40. The molecule has 0 atom stereocenters. The largest absolute Gasteiger partial charge is 0.414 e. The summed E-state index contributed by atoms with van der Waals surface area (Å²) < 4.78 is 6.11. The van der Waals surface area contributed by atoms with Gasteiger partial charge in [0.05, 0.1) is 5.52 Å². The van der Waals surface area contributed by atoms with Crippen LogP contribution in [0.5, 0.6) is 0 Å². The highest BCUT2D eigenvalue weighted by atomic mass is 35.5. The van der Waals surface area contributed by atoms with Gasteiger partial charge in [-0.1, -0.05) is 60.1 Å². The third kappa shape index (κ3) is 2.52. The quantitative estimate of drug-likeness (QED) is 0.379. The van der Waals surface area contributed by atoms with E-state index in [2.05, 4.69) is 20.2 Å². The third-order valence-corrected chi connectivity index (χ3v) is 5.29. The molecule has 0 amide bonds. The third-order valence-electron chi connectivity index (χ3n) is 5.05. The molecule has 4 aromatic rings. The van der Waals surface area contributed by atoms with Crippen molar-refractivity contribution in [3.8, 4) is 34.3 Å². The van der Waals surface area contributed by atoms with Gasteiger partial charge in [0.15, 0.2) is 5.69 Å². The second-order valence-electron chi connectivity index (χ2n) is 6.82. The Hall–Kier alpha value is -3.70. The van der Waals surface area contributed by atoms with Gasteiger partial charge in [-0.25, -0.2) is 4.98 Å². The molecule has 1 aromatic heterocycles. The molecule has 0 saturated carbocycles. The van der Waals surface area contributed by atoms with Crippen LogP contribution in [0.4, 0.5) is 0 Å². The Morgan fingerprint density at radius 2 is 1.62 bits per heavy atom. The molecule has 0 unspecified atom stereocenters. The summed E-state index contributed by atoms with van der Waals surface area (Å²) in [5.41, 5.74) is 5.19. The monoisotopic (exact) mass is 396 g/mol. The Bertz CT molecular complexity index is 1470. The number of nitrogens with one attached hydrogen (secondary N) is 1. The molecule has 2 aliphatic rings. The van der Waals surface area contributed by atoms with Gasteiger partial charge in [-0.15, -0.1) is 10.2 Å². The Morgan fingerprint density at radius 3 is 2.52 bits per heavy atom. The molecule has 2 aliphatic heterocycles. The second-order valence-corrected chi connectivity index (χ2v) is 7.26. The molecule has 138 valence electrons. The van der Waals surface area contributed by atoms with Crippen LogP contribution in [-0.4, -0.2) is 20.2 Å². The number of hydrogen-bond donors (Lipinski definition) is 1. The summed E-state index contributed by atoms with van der Waals surface area (Å²) >= 11 is 6.28. The predicted octanol–water partition coefficient (Wildman–Crippen LogP) is 6.19. The zero-order valence-electron chi connectivity index (χ0n) is 15.1. The van der Waals surface area contributed by atoms with Crippen LogP contribution in [0.1, 0.15) is 0 Å². The fraction of sp³-hybridized carbons (Fsp3) is 0. The molecule has 3 aromatic carbocycles. The molecule has 6 rings (SSSR count). The standard InChI is InChI=1S/C23H13ClN4O/c24-14-10-11-18-16(12-14)19(13-6-2-1-3-7-13)21(25-18)23-28-27-20-15-8-4-5-9-17(15)26-22(20)29-23/h1-12,25H. The van der Waals surface area contributed by atoms with Crippen LogP contribution in [0, 0.1) is 0 Å². The Kier molecular flexibility index (Phi) is 3.45. The van der Waals surface area contributed by atoms with Crippen molar-refractivity contribution in [3.05, 3.63) is 77.8 Å². The zero-order chi connectivity index (χ0) is 19.4. The van der Waals surface area contributed by atoms with E-state index in [1.807, 2.05) is 72.8 Å². The van der Waals surface area contributed by atoms with Gasteiger partial charge in [-0.3, -0.25) is 0 Å². The van der Waals surface area contributed by atoms with Crippen LogP contribution >= 0.6 is 11.6 Å². The highest BCUT2D eigenvalue weighted by molar-refractivity contribution is 6.31. The van der Waals surface area contributed by atoms with E-state index < -0.39 is 0 Å². The van der Waals surface area contributed by atoms with Crippen LogP contribution in [0.15, 0.2) is 77.2 Å². The summed E-state index contributed by atoms with van der Waals surface area (Å²) in [5.74, 6) is 0.846. The number of nitrogens with zero attached hydrogens (tertiary/aromatic N) is 3. The molecule has 3 heterocycles. The van der Waals surface area contributed by atoms with Gasteiger partial charge in [0.1, 0.15) is 5.69 Å². The van der Waals surface area contributed by atoms with E-state index in [4.69, 9.17) is 16.0 Å². The zero-order valence-corrected chi connectivity index (χ0v) is 15.8. The molecule has 1 N–H and O–H groups in total. The molecule has 5 nitrogen and oxygen atoms in total. The minimum atomic E-state index is 0.381. The average Bonchev–Trinajstić information content (AvgIpc) is 3.31. The van der Waals surface area contributed by atoms with Crippen LogP contribution in [0.25, 0.3) is 56.1 Å². The number of H-pyrrole nitrogens is 1. The summed E-state index contributed by atoms with van der Waals surface area (Å²) in [6.45, 7) is 0. The van der Waals surface area contributed by atoms with E-state index >= 15 is 0 Å². The lowest BCUT2D eigenvalue weighted by atomic mass is 10.0. The van der Waals surface area contributed by atoms with E-state index in [0.29, 0.717) is 22.5 Å². The summed E-state index contributed by atoms with van der Waals surface area (Å²) in [7, 11) is 0. The SMILES string of the molecule is Clc1ccc2[nH]c(-c3nnc4c5ccccc5nc-4o3)c(-c3ccccc3)c2c1. The molecule has 0 aliphatic carbocycles. The molecule has 0 spiro atoms. The van der Waals surface area contributed by atoms with Crippen LogP contribution in [0.3, 0.4) is 0 Å². The van der Waals surface area contributed by atoms with Crippen molar-refractivity contribution < 1.29 is 4.42 Å². The van der Waals surface area contributed by atoms with Crippen molar-refractivity contribution >= 4 is 33.4 Å². The minimum absolute atomic E-state index is 0.381. The summed E-state index contributed by atoms with van der Waals surface area (Å²) in [6, 6.07) is 23.6. The molecule has 0 fully saturated rings. The molecular formula is C23H13ClN4O. The molecule has 0 radical (unpaired) electrons. The fourth-order valence-corrected chi connectivity index (χ4v) is 3.93. The molecule has 6 heteroatoms. The van der Waals surface area contributed by atoms with Gasteiger partial charge < -0.3 is 9.40 Å². The Balaban J connectivity index is 1.65. The van der Waals surface area contributed by atoms with E-state index in [1.54, 1.807) is 0 Å². The summed E-state index contributed by atoms with van der Waals surface area (Å²) in [6.07, 6.45) is 0. The van der Waals surface area contributed by atoms with E-state index in [0.717, 1.165) is 38.6 Å². The van der Waals surface area contributed by atoms with Gasteiger partial charge in [-0.2, -0.15) is 0 Å². The highest BCUT2D eigenvalue weighted by Gasteiger charge is 2.22. The molecule has 0 bridgehead atoms. The van der Waals surface area contributed by atoms with Gasteiger partial charge in [0.25, 0.3) is 11.8 Å². The van der Waals surface area contributed by atoms with Crippen molar-refractivity contribution in [2.75, 3.05) is 0 Å². The predicted molar refractivity (Wildman–Crippen MR) is 114 cm³/mol. The van der Waals surface area contributed by atoms with Crippen molar-refractivity contribution in [2.45, 2.75) is 0 Å². The van der Waals surface area contributed by atoms with Gasteiger partial charge in [0, 0.05) is 26.9 Å². The average molecular weight is 397 g/mol. The lowest BCUT2D eigenvalue weighted by molar-refractivity contribution is 0.529. The Labute approximate surface area is 170 Å². The first kappa shape index (κ1) is 16.3. The van der Waals surface area contributed by atoms with E-state index in [-0.39, 0.29) is 0 Å². The lowest BCUT2D eigenvalue weighted by Crippen LogP contribution is -1.93. The van der Waals surface area contributed by atoms with Crippen LogP contribution in [-0.2, 0) is 0 Å². The maximum absolute atomic E-state index is 6.28. The molecule has 29 heavy (non-hydrogen) atoms. The normalized spacial score (nSPS) is 11.6. The van der Waals surface area contributed by atoms with E-state index in [9.17, 15) is 0 Å². The first-order valence-electron chi connectivity index (χ1n) is 9.17. The maximum atomic E-state index is 6.28. The van der Waals surface area contributed by atoms with E-state index in [1.165, 1.54) is 0 Å². The first-order valence-corrected chi connectivity index (χ1v) is 9.55. The topological polar surface area (TPSA) is 67.6 Å². The smallest absolute Gasteiger partial charge is 0.264 e. The summed E-state index contributed by atoms with van der Waals surface area (Å²) in [4.78, 5) is 7.99. The number of halogens is 1. The first-order chi connectivity index (χ1) is 14.3. The maximum Gasteiger partial charge on any atom is 0.264 e. The number of hydrogen-bond acceptors (Lipinski definition) is 4. The van der Waals surface area contributed by atoms with Crippen molar-refractivity contribution in [2.24, 2.45) is 0 Å². The van der Waals surface area contributed by atoms with Crippen LogP contribution in [0.2, 0.25) is 5.02 Å². The van der Waals surface area contributed by atoms with Gasteiger partial charge in [-0.05, 0) is 29.8 Å². The number of aromatic nitrogens is 4. The van der Waals surface area contributed by atoms with Crippen LogP contribution < -0.4 is 0 Å². The van der Waals surface area contributed by atoms with Crippen molar-refractivity contribution in [1.82, 2.24) is 20.2 Å². The van der Waals surface area contributed by atoms with Gasteiger partial charge >= 0.3 is 0 Å². The summed E-state index contributed by atoms with van der Waals surface area (Å²) in [5, 5.41) is 11.4. The van der Waals surface area contributed by atoms with Gasteiger partial charge in [0.2, 0.25) is 0 Å². The second kappa shape index (κ2) is 6.15.